The van der Waals surface area contributed by atoms with E-state index in [0.29, 0.717) is 34.6 Å². The van der Waals surface area contributed by atoms with Crippen molar-refractivity contribution in [3.8, 4) is 11.5 Å². The Labute approximate surface area is 158 Å². The Morgan fingerprint density at radius 2 is 1.57 bits per heavy atom. The average Bonchev–Trinajstić information content (AvgIpc) is 3.08. The van der Waals surface area contributed by atoms with Crippen molar-refractivity contribution < 1.29 is 22.6 Å². The first-order chi connectivity index (χ1) is 13.4. The Bertz CT molecular complexity index is 1010. The summed E-state index contributed by atoms with van der Waals surface area (Å²) in [6, 6.07) is 11.8. The fourth-order valence-electron chi connectivity index (χ4n) is 2.68. The first kappa shape index (κ1) is 17.9. The molecule has 9 heteroatoms. The minimum Gasteiger partial charge on any atom is -0.454 e. The quantitative estimate of drug-likeness (QED) is 0.654. The minimum absolute atomic E-state index is 0.181. The van der Waals surface area contributed by atoms with Gasteiger partial charge in [0, 0.05) is 29.2 Å². The zero-order valence-corrected chi connectivity index (χ0v) is 14.7. The van der Waals surface area contributed by atoms with Crippen LogP contribution in [0.15, 0.2) is 48.5 Å². The monoisotopic (exact) mass is 388 g/mol. The first-order valence-corrected chi connectivity index (χ1v) is 8.33. The van der Waals surface area contributed by atoms with Crippen LogP contribution in [0.1, 0.15) is 11.3 Å². The number of nitrogens with zero attached hydrogens (tertiary/aromatic N) is 2. The number of hydrogen-bond donors (Lipinski definition) is 2. The fraction of sp³-hybridized carbons (Fsp3) is 0.158. The lowest BCUT2D eigenvalue weighted by molar-refractivity contribution is -0.137. The molecule has 28 heavy (non-hydrogen) atoms. The molecule has 0 radical (unpaired) electrons. The summed E-state index contributed by atoms with van der Waals surface area (Å²) in [6.45, 7) is 1.98. The van der Waals surface area contributed by atoms with E-state index in [1.54, 1.807) is 25.1 Å². The van der Waals surface area contributed by atoms with Crippen LogP contribution in [-0.4, -0.2) is 16.8 Å². The molecule has 2 aromatic carbocycles. The van der Waals surface area contributed by atoms with Gasteiger partial charge in [-0.1, -0.05) is 0 Å². The first-order valence-electron chi connectivity index (χ1n) is 8.33. The molecule has 0 amide bonds. The van der Waals surface area contributed by atoms with Crippen molar-refractivity contribution in [2.45, 2.75) is 13.1 Å². The molecule has 0 bridgehead atoms. The van der Waals surface area contributed by atoms with Gasteiger partial charge in [0.25, 0.3) is 0 Å². The molecule has 0 saturated carbocycles. The largest absolute Gasteiger partial charge is 0.454 e. The van der Waals surface area contributed by atoms with Crippen LogP contribution in [0.4, 0.5) is 36.3 Å². The van der Waals surface area contributed by atoms with Crippen molar-refractivity contribution in [1.82, 2.24) is 9.97 Å². The third-order valence-electron chi connectivity index (χ3n) is 3.97. The predicted molar refractivity (Wildman–Crippen MR) is 97.3 cm³/mol. The van der Waals surface area contributed by atoms with Gasteiger partial charge in [0.1, 0.15) is 5.82 Å². The van der Waals surface area contributed by atoms with Gasteiger partial charge in [-0.05, 0) is 43.3 Å². The zero-order chi connectivity index (χ0) is 19.7. The summed E-state index contributed by atoms with van der Waals surface area (Å²) in [5, 5.41) is 6.07. The number of benzene rings is 2. The zero-order valence-electron chi connectivity index (χ0n) is 14.7. The van der Waals surface area contributed by atoms with Gasteiger partial charge in [-0.25, -0.2) is 4.98 Å². The number of rotatable bonds is 4. The molecule has 0 unspecified atom stereocenters. The molecule has 0 fully saturated rings. The van der Waals surface area contributed by atoms with E-state index in [9.17, 15) is 13.2 Å². The van der Waals surface area contributed by atoms with Gasteiger partial charge < -0.3 is 20.1 Å². The normalized spacial score (nSPS) is 12.7. The second-order valence-corrected chi connectivity index (χ2v) is 6.11. The molecule has 4 rings (SSSR count). The molecule has 144 valence electrons. The molecule has 1 aromatic heterocycles. The summed E-state index contributed by atoms with van der Waals surface area (Å²) in [5.74, 6) is 2.09. The van der Waals surface area contributed by atoms with Crippen molar-refractivity contribution in [2.75, 3.05) is 17.4 Å². The maximum Gasteiger partial charge on any atom is 0.416 e. The highest BCUT2D eigenvalue weighted by Crippen LogP contribution is 2.35. The second-order valence-electron chi connectivity index (χ2n) is 6.11. The van der Waals surface area contributed by atoms with Crippen LogP contribution < -0.4 is 20.1 Å². The van der Waals surface area contributed by atoms with Gasteiger partial charge in [-0.2, -0.15) is 18.2 Å². The number of hydrogen-bond acceptors (Lipinski definition) is 6. The number of fused-ring (bicyclic) bond motifs is 1. The van der Waals surface area contributed by atoms with E-state index in [1.807, 2.05) is 6.07 Å². The van der Waals surface area contributed by atoms with Crippen molar-refractivity contribution >= 4 is 23.1 Å². The minimum atomic E-state index is -4.37. The molecule has 2 heterocycles. The SMILES string of the molecule is Cc1cc(Nc2ccc(C(F)(F)F)cc2)nc(Nc2ccc3c(c2)OCO3)n1. The summed E-state index contributed by atoms with van der Waals surface area (Å²) < 4.78 is 48.6. The van der Waals surface area contributed by atoms with Crippen LogP contribution in [0.2, 0.25) is 0 Å². The number of halogens is 3. The van der Waals surface area contributed by atoms with Crippen LogP contribution in [0.3, 0.4) is 0 Å². The Morgan fingerprint density at radius 1 is 0.857 bits per heavy atom. The van der Waals surface area contributed by atoms with E-state index in [0.717, 1.165) is 17.8 Å². The molecular weight excluding hydrogens is 373 g/mol. The summed E-state index contributed by atoms with van der Waals surface area (Å²) in [5.41, 5.74) is 1.19. The summed E-state index contributed by atoms with van der Waals surface area (Å²) >= 11 is 0. The highest BCUT2D eigenvalue weighted by atomic mass is 19.4. The van der Waals surface area contributed by atoms with Crippen molar-refractivity contribution in [3.63, 3.8) is 0 Å². The standard InChI is InChI=1S/C19H15F3N4O2/c1-11-8-17(24-13-4-2-12(3-5-13)19(20,21)22)26-18(23-11)25-14-6-7-15-16(9-14)28-10-27-15/h2-9H,10H2,1H3,(H2,23,24,25,26). The van der Waals surface area contributed by atoms with Gasteiger partial charge in [-0.15, -0.1) is 0 Å². The van der Waals surface area contributed by atoms with Crippen molar-refractivity contribution in [1.29, 1.82) is 0 Å². The number of alkyl halides is 3. The summed E-state index contributed by atoms with van der Waals surface area (Å²) in [7, 11) is 0. The fourth-order valence-corrected chi connectivity index (χ4v) is 2.68. The maximum atomic E-state index is 12.7. The van der Waals surface area contributed by atoms with Gasteiger partial charge in [0.15, 0.2) is 11.5 Å². The Hall–Kier alpha value is -3.49. The summed E-state index contributed by atoms with van der Waals surface area (Å²) in [4.78, 5) is 8.69. The lowest BCUT2D eigenvalue weighted by Gasteiger charge is -2.11. The van der Waals surface area contributed by atoms with Gasteiger partial charge in [0.2, 0.25) is 12.7 Å². The van der Waals surface area contributed by atoms with Crippen LogP contribution in [0, 0.1) is 6.92 Å². The number of anilines is 4. The summed E-state index contributed by atoms with van der Waals surface area (Å²) in [6.07, 6.45) is -4.37. The second kappa shape index (κ2) is 6.91. The van der Waals surface area contributed by atoms with E-state index in [2.05, 4.69) is 20.6 Å². The highest BCUT2D eigenvalue weighted by molar-refractivity contribution is 5.63. The van der Waals surface area contributed by atoms with E-state index >= 15 is 0 Å². The van der Waals surface area contributed by atoms with E-state index in [4.69, 9.17) is 9.47 Å². The topological polar surface area (TPSA) is 68.3 Å². The van der Waals surface area contributed by atoms with E-state index in [1.165, 1.54) is 12.1 Å². The molecule has 1 aliphatic rings. The van der Waals surface area contributed by atoms with Crippen LogP contribution in [0.5, 0.6) is 11.5 Å². The lowest BCUT2D eigenvalue weighted by atomic mass is 10.2. The molecule has 0 saturated heterocycles. The third kappa shape index (κ3) is 3.93. The van der Waals surface area contributed by atoms with Gasteiger partial charge in [0.05, 0.1) is 5.56 Å². The van der Waals surface area contributed by atoms with Gasteiger partial charge >= 0.3 is 6.18 Å². The molecule has 0 aliphatic carbocycles. The number of nitrogens with one attached hydrogen (secondary N) is 2. The Kier molecular flexibility index (Phi) is 4.42. The smallest absolute Gasteiger partial charge is 0.416 e. The maximum absolute atomic E-state index is 12.7. The molecule has 1 aliphatic heterocycles. The lowest BCUT2D eigenvalue weighted by Crippen LogP contribution is -2.05. The molecule has 0 spiro atoms. The Balaban J connectivity index is 1.52. The number of aryl methyl sites for hydroxylation is 1. The van der Waals surface area contributed by atoms with Crippen LogP contribution in [-0.2, 0) is 6.18 Å². The number of ether oxygens (including phenoxy) is 2. The Morgan fingerprint density at radius 3 is 2.32 bits per heavy atom. The van der Waals surface area contributed by atoms with Gasteiger partial charge in [-0.3, -0.25) is 0 Å². The number of aromatic nitrogens is 2. The highest BCUT2D eigenvalue weighted by Gasteiger charge is 2.29. The average molecular weight is 388 g/mol. The molecule has 6 nitrogen and oxygen atoms in total. The van der Waals surface area contributed by atoms with E-state index in [-0.39, 0.29) is 6.79 Å². The molecular formula is C19H15F3N4O2. The predicted octanol–water partition coefficient (Wildman–Crippen LogP) is 5.02. The molecule has 2 N–H and O–H groups in total. The van der Waals surface area contributed by atoms with Crippen LogP contribution >= 0.6 is 0 Å². The molecule has 3 aromatic rings. The third-order valence-corrected chi connectivity index (χ3v) is 3.97. The molecule has 0 atom stereocenters. The van der Waals surface area contributed by atoms with Crippen molar-refractivity contribution in [3.05, 3.63) is 59.8 Å². The van der Waals surface area contributed by atoms with Crippen LogP contribution in [0.25, 0.3) is 0 Å². The van der Waals surface area contributed by atoms with Crippen molar-refractivity contribution in [2.24, 2.45) is 0 Å². The van der Waals surface area contributed by atoms with E-state index < -0.39 is 11.7 Å².